The minimum absolute atomic E-state index is 0.448. The molecule has 0 radical (unpaired) electrons. The van der Waals surface area contributed by atoms with Gasteiger partial charge in [-0.3, -0.25) is 4.90 Å². The van der Waals surface area contributed by atoms with E-state index < -0.39 is 0 Å². The van der Waals surface area contributed by atoms with Crippen molar-refractivity contribution in [1.82, 2.24) is 10.2 Å². The molecule has 1 saturated heterocycles. The highest BCUT2D eigenvalue weighted by Gasteiger charge is 2.44. The fraction of sp³-hybridized carbons (Fsp3) is 1.00. The Bertz CT molecular complexity index is 285. The second-order valence-electron chi connectivity index (χ2n) is 7.46. The molecule has 0 spiro atoms. The molecule has 0 bridgehead atoms. The van der Waals surface area contributed by atoms with Crippen molar-refractivity contribution in [2.75, 3.05) is 33.4 Å². The second-order valence-corrected chi connectivity index (χ2v) is 7.46. The summed E-state index contributed by atoms with van der Waals surface area (Å²) in [6.07, 6.45) is 6.58. The molecule has 0 aromatic rings. The molecule has 1 aliphatic carbocycles. The van der Waals surface area contributed by atoms with Crippen LogP contribution in [0.5, 0.6) is 0 Å². The average Bonchev–Trinajstić information content (AvgIpc) is 2.73. The number of rotatable bonds is 6. The second kappa shape index (κ2) is 7.24. The number of nitrogens with zero attached hydrogens (tertiary/aromatic N) is 1. The Morgan fingerprint density at radius 1 is 1.20 bits per heavy atom. The maximum atomic E-state index is 5.32. The van der Waals surface area contributed by atoms with Crippen LogP contribution in [0.25, 0.3) is 0 Å². The van der Waals surface area contributed by atoms with Crippen LogP contribution in [-0.2, 0) is 4.74 Å². The van der Waals surface area contributed by atoms with Gasteiger partial charge in [-0.1, -0.05) is 20.8 Å². The predicted molar refractivity (Wildman–Crippen MR) is 85.1 cm³/mol. The zero-order valence-corrected chi connectivity index (χ0v) is 14.0. The van der Waals surface area contributed by atoms with Gasteiger partial charge in [0.2, 0.25) is 0 Å². The largest absolute Gasteiger partial charge is 0.384 e. The number of hydrogen-bond donors (Lipinski definition) is 1. The highest BCUT2D eigenvalue weighted by Crippen LogP contribution is 2.40. The van der Waals surface area contributed by atoms with E-state index in [9.17, 15) is 0 Å². The molecule has 0 aromatic carbocycles. The maximum absolute atomic E-state index is 5.32. The molecule has 20 heavy (non-hydrogen) atoms. The lowest BCUT2D eigenvalue weighted by Crippen LogP contribution is -2.53. The van der Waals surface area contributed by atoms with Gasteiger partial charge >= 0.3 is 0 Å². The fourth-order valence-electron chi connectivity index (χ4n) is 4.16. The fourth-order valence-corrected chi connectivity index (χ4v) is 4.16. The van der Waals surface area contributed by atoms with E-state index in [1.165, 1.54) is 45.2 Å². The van der Waals surface area contributed by atoms with Crippen molar-refractivity contribution in [2.45, 2.75) is 65.0 Å². The van der Waals surface area contributed by atoms with Crippen molar-refractivity contribution in [3.05, 3.63) is 0 Å². The highest BCUT2D eigenvalue weighted by atomic mass is 16.5. The van der Waals surface area contributed by atoms with Gasteiger partial charge in [0.25, 0.3) is 0 Å². The zero-order chi connectivity index (χ0) is 14.6. The van der Waals surface area contributed by atoms with E-state index in [0.29, 0.717) is 11.5 Å². The van der Waals surface area contributed by atoms with Crippen LogP contribution in [0.1, 0.15) is 52.9 Å². The minimum atomic E-state index is 0.448. The molecule has 2 fully saturated rings. The van der Waals surface area contributed by atoms with Crippen molar-refractivity contribution in [3.8, 4) is 0 Å². The molecule has 1 heterocycles. The van der Waals surface area contributed by atoms with Gasteiger partial charge in [-0.15, -0.1) is 0 Å². The molecular formula is C17H34N2O. The van der Waals surface area contributed by atoms with Crippen molar-refractivity contribution in [2.24, 2.45) is 11.3 Å². The van der Waals surface area contributed by atoms with Crippen LogP contribution in [0.3, 0.4) is 0 Å². The monoisotopic (exact) mass is 282 g/mol. The summed E-state index contributed by atoms with van der Waals surface area (Å²) in [5, 5.41) is 3.84. The summed E-state index contributed by atoms with van der Waals surface area (Å²) in [5.41, 5.74) is 0.448. The molecular weight excluding hydrogens is 248 g/mol. The predicted octanol–water partition coefficient (Wildman–Crippen LogP) is 2.90. The Hall–Kier alpha value is -0.120. The molecule has 2 rings (SSSR count). The molecule has 3 nitrogen and oxygen atoms in total. The first kappa shape index (κ1) is 16.3. The van der Waals surface area contributed by atoms with Crippen LogP contribution in [0, 0.1) is 11.3 Å². The Kier molecular flexibility index (Phi) is 5.88. The van der Waals surface area contributed by atoms with Crippen LogP contribution < -0.4 is 5.32 Å². The molecule has 0 amide bonds. The highest BCUT2D eigenvalue weighted by molar-refractivity contribution is 5.01. The number of nitrogens with one attached hydrogen (secondary N) is 1. The first-order chi connectivity index (χ1) is 9.58. The molecule has 3 heteroatoms. The third-order valence-electron chi connectivity index (χ3n) is 5.45. The molecule has 2 atom stereocenters. The number of ether oxygens (including phenoxy) is 1. The Morgan fingerprint density at radius 2 is 1.90 bits per heavy atom. The molecule has 1 saturated carbocycles. The first-order valence-corrected chi connectivity index (χ1v) is 8.55. The number of piperidine rings is 1. The van der Waals surface area contributed by atoms with Crippen LogP contribution in [-0.4, -0.2) is 50.3 Å². The summed E-state index contributed by atoms with van der Waals surface area (Å²) in [5.74, 6) is 0.785. The molecule has 2 unspecified atom stereocenters. The van der Waals surface area contributed by atoms with Gasteiger partial charge in [-0.25, -0.2) is 0 Å². The summed E-state index contributed by atoms with van der Waals surface area (Å²) in [7, 11) is 1.83. The van der Waals surface area contributed by atoms with E-state index in [1.807, 2.05) is 7.11 Å². The van der Waals surface area contributed by atoms with Crippen molar-refractivity contribution in [1.29, 1.82) is 0 Å². The van der Waals surface area contributed by atoms with Crippen LogP contribution in [0.15, 0.2) is 0 Å². The number of hydrogen-bond acceptors (Lipinski definition) is 3. The summed E-state index contributed by atoms with van der Waals surface area (Å²) in [6, 6.07) is 1.42. The van der Waals surface area contributed by atoms with E-state index in [2.05, 4.69) is 31.0 Å². The lowest BCUT2D eigenvalue weighted by atomic mass is 9.85. The van der Waals surface area contributed by atoms with Crippen molar-refractivity contribution >= 4 is 0 Å². The summed E-state index contributed by atoms with van der Waals surface area (Å²) >= 11 is 0. The third-order valence-corrected chi connectivity index (χ3v) is 5.45. The Labute approximate surface area is 125 Å². The third kappa shape index (κ3) is 3.75. The van der Waals surface area contributed by atoms with E-state index in [4.69, 9.17) is 4.74 Å². The maximum Gasteiger partial charge on any atom is 0.0491 e. The molecule has 1 aliphatic heterocycles. The van der Waals surface area contributed by atoms with Crippen LogP contribution in [0.2, 0.25) is 0 Å². The van der Waals surface area contributed by atoms with Gasteiger partial charge in [0.05, 0.1) is 0 Å². The topological polar surface area (TPSA) is 24.5 Å². The van der Waals surface area contributed by atoms with E-state index >= 15 is 0 Å². The van der Waals surface area contributed by atoms with E-state index in [1.54, 1.807) is 0 Å². The first-order valence-electron chi connectivity index (χ1n) is 8.55. The Morgan fingerprint density at radius 3 is 2.50 bits per heavy atom. The zero-order valence-electron chi connectivity index (χ0n) is 14.0. The Balaban J connectivity index is 1.91. The SMILES string of the molecule is CCCNC1C(N2CCC(COC)CC2)CCC1(C)C. The molecule has 1 N–H and O–H groups in total. The standard InChI is InChI=1S/C17H34N2O/c1-5-10-18-16-15(6-9-17(16,2)3)19-11-7-14(8-12-19)13-20-4/h14-16,18H,5-13H2,1-4H3. The van der Waals surface area contributed by atoms with Crippen LogP contribution in [0.4, 0.5) is 0 Å². The number of methoxy groups -OCH3 is 1. The van der Waals surface area contributed by atoms with Crippen molar-refractivity contribution in [3.63, 3.8) is 0 Å². The van der Waals surface area contributed by atoms with Gasteiger partial charge in [0.1, 0.15) is 0 Å². The summed E-state index contributed by atoms with van der Waals surface area (Å²) in [6.45, 7) is 11.8. The normalized spacial score (nSPS) is 31.8. The lowest BCUT2D eigenvalue weighted by molar-refractivity contribution is 0.0668. The van der Waals surface area contributed by atoms with Crippen LogP contribution >= 0.6 is 0 Å². The van der Waals surface area contributed by atoms with Gasteiger partial charge in [0, 0.05) is 25.8 Å². The van der Waals surface area contributed by atoms with Gasteiger partial charge < -0.3 is 10.1 Å². The average molecular weight is 282 g/mol. The lowest BCUT2D eigenvalue weighted by Gasteiger charge is -2.41. The summed E-state index contributed by atoms with van der Waals surface area (Å²) in [4.78, 5) is 2.76. The quantitative estimate of drug-likeness (QED) is 0.811. The number of likely N-dealkylation sites (tertiary alicyclic amines) is 1. The smallest absolute Gasteiger partial charge is 0.0491 e. The van der Waals surface area contributed by atoms with Gasteiger partial charge in [-0.05, 0) is 63.1 Å². The molecule has 118 valence electrons. The molecule has 0 aromatic heterocycles. The van der Waals surface area contributed by atoms with Gasteiger partial charge in [0.15, 0.2) is 0 Å². The minimum Gasteiger partial charge on any atom is -0.384 e. The van der Waals surface area contributed by atoms with Gasteiger partial charge in [-0.2, -0.15) is 0 Å². The van der Waals surface area contributed by atoms with E-state index in [0.717, 1.165) is 25.1 Å². The summed E-state index contributed by atoms with van der Waals surface area (Å²) < 4.78 is 5.32. The molecule has 2 aliphatic rings. The van der Waals surface area contributed by atoms with Crippen molar-refractivity contribution < 1.29 is 4.74 Å². The van der Waals surface area contributed by atoms with E-state index in [-0.39, 0.29) is 0 Å².